The predicted octanol–water partition coefficient (Wildman–Crippen LogP) is 3.06. The standard InChI is InChI=1S/C25H24N4O4/c1-28(22-11-10-18(32-2)14-23(22)33-3)24(30)16-29-25(31)20-9-5-4-8-19(20)21(27-29)13-17-7-6-12-26-15-17/h4-12,14-15H,13,16H2,1-3H3. The molecule has 0 bridgehead atoms. The molecule has 0 saturated carbocycles. The zero-order valence-corrected chi connectivity index (χ0v) is 18.7. The van der Waals surface area contributed by atoms with Crippen LogP contribution in [0.3, 0.4) is 0 Å². The van der Waals surface area contributed by atoms with Crippen molar-refractivity contribution in [3.63, 3.8) is 0 Å². The Morgan fingerprint density at radius 1 is 1.03 bits per heavy atom. The van der Waals surface area contributed by atoms with Gasteiger partial charge in [-0.15, -0.1) is 0 Å². The number of rotatable bonds is 7. The summed E-state index contributed by atoms with van der Waals surface area (Å²) >= 11 is 0. The summed E-state index contributed by atoms with van der Waals surface area (Å²) in [6, 6.07) is 16.3. The molecule has 8 heteroatoms. The maximum absolute atomic E-state index is 13.1. The van der Waals surface area contributed by atoms with Crippen LogP contribution in [0.15, 0.2) is 71.8 Å². The van der Waals surface area contributed by atoms with E-state index in [1.54, 1.807) is 56.9 Å². The molecule has 2 aromatic heterocycles. The molecule has 0 aliphatic heterocycles. The molecule has 0 atom stereocenters. The first-order valence-corrected chi connectivity index (χ1v) is 10.4. The van der Waals surface area contributed by atoms with Crippen molar-refractivity contribution in [1.82, 2.24) is 14.8 Å². The monoisotopic (exact) mass is 444 g/mol. The van der Waals surface area contributed by atoms with Crippen LogP contribution in [0.2, 0.25) is 0 Å². The summed E-state index contributed by atoms with van der Waals surface area (Å²) in [7, 11) is 4.72. The highest BCUT2D eigenvalue weighted by Gasteiger charge is 2.19. The highest BCUT2D eigenvalue weighted by Crippen LogP contribution is 2.31. The van der Waals surface area contributed by atoms with Gasteiger partial charge in [0, 0.05) is 37.3 Å². The van der Waals surface area contributed by atoms with Gasteiger partial charge >= 0.3 is 0 Å². The van der Waals surface area contributed by atoms with Gasteiger partial charge in [-0.1, -0.05) is 24.3 Å². The van der Waals surface area contributed by atoms with Crippen LogP contribution in [-0.4, -0.2) is 41.9 Å². The number of methoxy groups -OCH3 is 2. The number of aromatic nitrogens is 3. The molecule has 0 fully saturated rings. The summed E-state index contributed by atoms with van der Waals surface area (Å²) in [5.41, 5.74) is 1.92. The third-order valence-electron chi connectivity index (χ3n) is 5.45. The molecule has 0 N–H and O–H groups in total. The first kappa shape index (κ1) is 22.0. The summed E-state index contributed by atoms with van der Waals surface area (Å²) in [5, 5.41) is 5.84. The summed E-state index contributed by atoms with van der Waals surface area (Å²) in [5.74, 6) is 0.792. The Hall–Kier alpha value is -4.20. The largest absolute Gasteiger partial charge is 0.497 e. The molecular weight excluding hydrogens is 420 g/mol. The number of likely N-dealkylation sites (N-methyl/N-ethyl adjacent to an activating group) is 1. The van der Waals surface area contributed by atoms with Crippen LogP contribution in [0.25, 0.3) is 10.8 Å². The molecule has 168 valence electrons. The van der Waals surface area contributed by atoms with Gasteiger partial charge in [0.2, 0.25) is 5.91 Å². The lowest BCUT2D eigenvalue weighted by Crippen LogP contribution is -2.35. The second-order valence-corrected chi connectivity index (χ2v) is 7.48. The van der Waals surface area contributed by atoms with Crippen molar-refractivity contribution in [2.24, 2.45) is 0 Å². The van der Waals surface area contributed by atoms with E-state index in [4.69, 9.17) is 9.47 Å². The number of amides is 1. The zero-order chi connectivity index (χ0) is 23.4. The lowest BCUT2D eigenvalue weighted by Gasteiger charge is -2.21. The van der Waals surface area contributed by atoms with Crippen LogP contribution in [0.5, 0.6) is 11.5 Å². The van der Waals surface area contributed by atoms with Crippen molar-refractivity contribution in [3.05, 3.63) is 88.6 Å². The maximum atomic E-state index is 13.1. The number of nitrogens with zero attached hydrogens (tertiary/aromatic N) is 4. The second-order valence-electron chi connectivity index (χ2n) is 7.48. The average molecular weight is 444 g/mol. The molecule has 0 radical (unpaired) electrons. The van der Waals surface area contributed by atoms with Crippen molar-refractivity contribution in [2.45, 2.75) is 13.0 Å². The van der Waals surface area contributed by atoms with E-state index in [0.717, 1.165) is 10.9 Å². The number of fused-ring (bicyclic) bond motifs is 1. The lowest BCUT2D eigenvalue weighted by molar-refractivity contribution is -0.119. The van der Waals surface area contributed by atoms with Gasteiger partial charge in [-0.3, -0.25) is 14.6 Å². The third kappa shape index (κ3) is 4.55. The van der Waals surface area contributed by atoms with E-state index < -0.39 is 0 Å². The number of hydrogen-bond donors (Lipinski definition) is 0. The molecular formula is C25H24N4O4. The van der Waals surface area contributed by atoms with E-state index in [0.29, 0.717) is 34.7 Å². The average Bonchev–Trinajstić information content (AvgIpc) is 2.86. The number of anilines is 1. The minimum absolute atomic E-state index is 0.213. The van der Waals surface area contributed by atoms with Crippen molar-refractivity contribution in [2.75, 3.05) is 26.2 Å². The number of pyridine rings is 1. The fraction of sp³-hybridized carbons (Fsp3) is 0.200. The Balaban J connectivity index is 1.69. The van der Waals surface area contributed by atoms with Gasteiger partial charge in [0.25, 0.3) is 5.56 Å². The van der Waals surface area contributed by atoms with Crippen LogP contribution in [0.1, 0.15) is 11.3 Å². The molecule has 0 spiro atoms. The van der Waals surface area contributed by atoms with Gasteiger partial charge in [-0.05, 0) is 29.8 Å². The fourth-order valence-electron chi connectivity index (χ4n) is 3.67. The number of hydrogen-bond acceptors (Lipinski definition) is 6. The van der Waals surface area contributed by atoms with E-state index >= 15 is 0 Å². The van der Waals surface area contributed by atoms with E-state index in [1.165, 1.54) is 16.7 Å². The highest BCUT2D eigenvalue weighted by molar-refractivity contribution is 5.94. The van der Waals surface area contributed by atoms with Gasteiger partial charge in [-0.25, -0.2) is 4.68 Å². The van der Waals surface area contributed by atoms with E-state index in [1.807, 2.05) is 24.3 Å². The Labute approximate surface area is 191 Å². The van der Waals surface area contributed by atoms with Gasteiger partial charge in [0.05, 0.1) is 31.0 Å². The summed E-state index contributed by atoms with van der Waals surface area (Å²) in [4.78, 5) is 31.8. The molecule has 33 heavy (non-hydrogen) atoms. The van der Waals surface area contributed by atoms with E-state index in [-0.39, 0.29) is 18.0 Å². The first-order valence-electron chi connectivity index (χ1n) is 10.4. The number of ether oxygens (including phenoxy) is 2. The molecule has 1 amide bonds. The fourth-order valence-corrected chi connectivity index (χ4v) is 3.67. The minimum Gasteiger partial charge on any atom is -0.497 e. The van der Waals surface area contributed by atoms with Gasteiger partial charge in [-0.2, -0.15) is 5.10 Å². The van der Waals surface area contributed by atoms with Gasteiger partial charge in [0.1, 0.15) is 18.0 Å². The van der Waals surface area contributed by atoms with E-state index in [2.05, 4.69) is 10.1 Å². The summed E-state index contributed by atoms with van der Waals surface area (Å²) in [6.07, 6.45) is 3.96. The quantitative estimate of drug-likeness (QED) is 0.436. The molecule has 8 nitrogen and oxygen atoms in total. The third-order valence-corrected chi connectivity index (χ3v) is 5.45. The van der Waals surface area contributed by atoms with Crippen LogP contribution >= 0.6 is 0 Å². The number of carbonyl (C=O) groups excluding carboxylic acids is 1. The maximum Gasteiger partial charge on any atom is 0.275 e. The molecule has 0 aliphatic carbocycles. The Morgan fingerprint density at radius 3 is 2.52 bits per heavy atom. The Bertz CT molecular complexity index is 1350. The predicted molar refractivity (Wildman–Crippen MR) is 126 cm³/mol. The Kier molecular flexibility index (Phi) is 6.35. The van der Waals surface area contributed by atoms with Gasteiger partial charge in [0.15, 0.2) is 0 Å². The van der Waals surface area contributed by atoms with Crippen molar-refractivity contribution in [3.8, 4) is 11.5 Å². The highest BCUT2D eigenvalue weighted by atomic mass is 16.5. The SMILES string of the molecule is COc1ccc(N(C)C(=O)Cn2nc(Cc3cccnc3)c3ccccc3c2=O)c(OC)c1. The Morgan fingerprint density at radius 2 is 1.82 bits per heavy atom. The summed E-state index contributed by atoms with van der Waals surface area (Å²) in [6.45, 7) is -0.213. The smallest absolute Gasteiger partial charge is 0.275 e. The van der Waals surface area contributed by atoms with Gasteiger partial charge < -0.3 is 14.4 Å². The van der Waals surface area contributed by atoms with Crippen molar-refractivity contribution in [1.29, 1.82) is 0 Å². The lowest BCUT2D eigenvalue weighted by atomic mass is 10.1. The number of benzene rings is 2. The molecule has 2 aromatic carbocycles. The molecule has 4 aromatic rings. The molecule has 4 rings (SSSR count). The zero-order valence-electron chi connectivity index (χ0n) is 18.7. The van der Waals surface area contributed by atoms with Crippen LogP contribution in [0, 0.1) is 0 Å². The van der Waals surface area contributed by atoms with Crippen molar-refractivity contribution < 1.29 is 14.3 Å². The van der Waals surface area contributed by atoms with Crippen LogP contribution < -0.4 is 19.9 Å². The van der Waals surface area contributed by atoms with E-state index in [9.17, 15) is 9.59 Å². The molecule has 0 unspecified atom stereocenters. The number of carbonyl (C=O) groups is 1. The summed E-state index contributed by atoms with van der Waals surface area (Å²) < 4.78 is 11.9. The second kappa shape index (κ2) is 9.52. The minimum atomic E-state index is -0.316. The first-order chi connectivity index (χ1) is 16.0. The topological polar surface area (TPSA) is 86.5 Å². The molecule has 2 heterocycles. The van der Waals surface area contributed by atoms with Crippen molar-refractivity contribution >= 4 is 22.4 Å². The normalized spacial score (nSPS) is 10.8. The molecule has 0 saturated heterocycles. The van der Waals surface area contributed by atoms with Crippen LogP contribution in [0.4, 0.5) is 5.69 Å². The molecule has 0 aliphatic rings. The van der Waals surface area contributed by atoms with Crippen LogP contribution in [-0.2, 0) is 17.8 Å².